The summed E-state index contributed by atoms with van der Waals surface area (Å²) in [6.45, 7) is 3.10. The van der Waals surface area contributed by atoms with E-state index in [4.69, 9.17) is 10.5 Å². The molecule has 1 heterocycles. The number of nitrogens with one attached hydrogen (secondary N) is 2. The minimum atomic E-state index is -3.57. The van der Waals surface area contributed by atoms with Crippen molar-refractivity contribution in [3.8, 4) is 0 Å². The van der Waals surface area contributed by atoms with Gasteiger partial charge in [0.1, 0.15) is 0 Å². The van der Waals surface area contributed by atoms with Crippen LogP contribution in [0.4, 0.5) is 0 Å². The Labute approximate surface area is 136 Å². The third-order valence-corrected chi connectivity index (χ3v) is 5.35. The number of carbonyl (C=O) groups is 1. The lowest BCUT2D eigenvalue weighted by molar-refractivity contribution is -0.129. The van der Waals surface area contributed by atoms with Crippen LogP contribution in [0.15, 0.2) is 29.2 Å². The van der Waals surface area contributed by atoms with E-state index in [0.717, 1.165) is 5.56 Å². The average molecular weight is 341 g/mol. The molecule has 1 aromatic rings. The maximum absolute atomic E-state index is 12.1. The molecule has 1 aliphatic heterocycles. The fourth-order valence-electron chi connectivity index (χ4n) is 2.30. The van der Waals surface area contributed by atoms with Crippen LogP contribution in [0.3, 0.4) is 0 Å². The van der Waals surface area contributed by atoms with E-state index in [2.05, 4.69) is 10.0 Å². The maximum Gasteiger partial charge on any atom is 0.240 e. The SMILES string of the molecule is Cc1ccc(S(=O)(=O)NCCNC(=O)C2(N)CCOCC2)cc1. The van der Waals surface area contributed by atoms with E-state index in [-0.39, 0.29) is 23.9 Å². The monoisotopic (exact) mass is 341 g/mol. The van der Waals surface area contributed by atoms with Gasteiger partial charge < -0.3 is 15.8 Å². The smallest absolute Gasteiger partial charge is 0.240 e. The van der Waals surface area contributed by atoms with E-state index in [1.165, 1.54) is 0 Å². The molecule has 1 aliphatic rings. The fraction of sp³-hybridized carbons (Fsp3) is 0.533. The van der Waals surface area contributed by atoms with Gasteiger partial charge in [0, 0.05) is 26.3 Å². The van der Waals surface area contributed by atoms with Crippen LogP contribution in [0.2, 0.25) is 0 Å². The van der Waals surface area contributed by atoms with E-state index in [9.17, 15) is 13.2 Å². The van der Waals surface area contributed by atoms with Crippen molar-refractivity contribution in [3.05, 3.63) is 29.8 Å². The van der Waals surface area contributed by atoms with E-state index in [1.807, 2.05) is 6.92 Å². The molecule has 0 bridgehead atoms. The molecule has 7 nitrogen and oxygen atoms in total. The van der Waals surface area contributed by atoms with Crippen molar-refractivity contribution in [2.45, 2.75) is 30.2 Å². The molecule has 1 aromatic carbocycles. The van der Waals surface area contributed by atoms with Gasteiger partial charge in [-0.25, -0.2) is 13.1 Å². The summed E-state index contributed by atoms with van der Waals surface area (Å²) in [5.41, 5.74) is 6.11. The Kier molecular flexibility index (Phi) is 5.74. The van der Waals surface area contributed by atoms with Crippen LogP contribution < -0.4 is 15.8 Å². The number of nitrogens with two attached hydrogens (primary N) is 1. The highest BCUT2D eigenvalue weighted by atomic mass is 32.2. The first-order valence-electron chi connectivity index (χ1n) is 7.55. The molecule has 0 radical (unpaired) electrons. The van der Waals surface area contributed by atoms with Gasteiger partial charge in [0.2, 0.25) is 15.9 Å². The van der Waals surface area contributed by atoms with Gasteiger partial charge >= 0.3 is 0 Å². The average Bonchev–Trinajstić information content (AvgIpc) is 2.52. The molecule has 1 fully saturated rings. The number of sulfonamides is 1. The minimum Gasteiger partial charge on any atom is -0.381 e. The van der Waals surface area contributed by atoms with E-state index in [1.54, 1.807) is 24.3 Å². The predicted octanol–water partition coefficient (Wildman–Crippen LogP) is -0.103. The second-order valence-electron chi connectivity index (χ2n) is 5.74. The first kappa shape index (κ1) is 17.9. The van der Waals surface area contributed by atoms with E-state index in [0.29, 0.717) is 26.1 Å². The van der Waals surface area contributed by atoms with Gasteiger partial charge in [-0.05, 0) is 31.9 Å². The van der Waals surface area contributed by atoms with Gasteiger partial charge in [-0.15, -0.1) is 0 Å². The quantitative estimate of drug-likeness (QED) is 0.626. The molecule has 0 spiro atoms. The third kappa shape index (κ3) is 4.74. The summed E-state index contributed by atoms with van der Waals surface area (Å²) in [6.07, 6.45) is 0.932. The lowest BCUT2D eigenvalue weighted by atomic mass is 9.90. The number of ether oxygens (including phenoxy) is 1. The van der Waals surface area contributed by atoms with Crippen molar-refractivity contribution >= 4 is 15.9 Å². The summed E-state index contributed by atoms with van der Waals surface area (Å²) >= 11 is 0. The van der Waals surface area contributed by atoms with Crippen molar-refractivity contribution < 1.29 is 17.9 Å². The molecule has 0 saturated carbocycles. The topological polar surface area (TPSA) is 111 Å². The maximum atomic E-state index is 12.1. The van der Waals surface area contributed by atoms with E-state index >= 15 is 0 Å². The second kappa shape index (κ2) is 7.39. The Morgan fingerprint density at radius 1 is 1.22 bits per heavy atom. The highest BCUT2D eigenvalue weighted by molar-refractivity contribution is 7.89. The molecule has 0 aromatic heterocycles. The van der Waals surface area contributed by atoms with Gasteiger partial charge in [0.25, 0.3) is 0 Å². The van der Waals surface area contributed by atoms with Gasteiger partial charge in [-0.2, -0.15) is 0 Å². The highest BCUT2D eigenvalue weighted by Crippen LogP contribution is 2.17. The Hall–Kier alpha value is -1.48. The molecular weight excluding hydrogens is 318 g/mol. The molecule has 0 aliphatic carbocycles. The summed E-state index contributed by atoms with van der Waals surface area (Å²) in [5, 5.41) is 2.68. The number of aryl methyl sites for hydroxylation is 1. The Balaban J connectivity index is 1.80. The standard InChI is InChI=1S/C15H23N3O4S/c1-12-2-4-13(5-3-12)23(20,21)18-9-8-17-14(19)15(16)6-10-22-11-7-15/h2-5,18H,6-11,16H2,1H3,(H,17,19). The van der Waals surface area contributed by atoms with Crippen molar-refractivity contribution in [2.75, 3.05) is 26.3 Å². The number of benzene rings is 1. The molecule has 2 rings (SSSR count). The lowest BCUT2D eigenvalue weighted by Gasteiger charge is -2.31. The molecule has 0 unspecified atom stereocenters. The number of hydrogen-bond donors (Lipinski definition) is 3. The van der Waals surface area contributed by atoms with Gasteiger partial charge in [0.15, 0.2) is 0 Å². The first-order valence-corrected chi connectivity index (χ1v) is 9.03. The Morgan fingerprint density at radius 3 is 2.43 bits per heavy atom. The van der Waals surface area contributed by atoms with Crippen LogP contribution in [0, 0.1) is 6.92 Å². The molecule has 1 saturated heterocycles. The van der Waals surface area contributed by atoms with Gasteiger partial charge in [0.05, 0.1) is 10.4 Å². The zero-order valence-electron chi connectivity index (χ0n) is 13.2. The first-order chi connectivity index (χ1) is 10.8. The van der Waals surface area contributed by atoms with Crippen LogP contribution in [0.5, 0.6) is 0 Å². The Bertz CT molecular complexity index is 637. The highest BCUT2D eigenvalue weighted by Gasteiger charge is 2.35. The van der Waals surface area contributed by atoms with Crippen LogP contribution in [-0.2, 0) is 19.6 Å². The summed E-state index contributed by atoms with van der Waals surface area (Å²) in [5.74, 6) is -0.268. The summed E-state index contributed by atoms with van der Waals surface area (Å²) in [6, 6.07) is 6.57. The molecule has 128 valence electrons. The van der Waals surface area contributed by atoms with Crippen LogP contribution in [0.25, 0.3) is 0 Å². The third-order valence-electron chi connectivity index (χ3n) is 3.87. The minimum absolute atomic E-state index is 0.106. The van der Waals surface area contributed by atoms with Crippen molar-refractivity contribution in [1.29, 1.82) is 0 Å². The number of carbonyl (C=O) groups excluding carboxylic acids is 1. The van der Waals surface area contributed by atoms with Crippen molar-refractivity contribution in [2.24, 2.45) is 5.73 Å². The van der Waals surface area contributed by atoms with Crippen LogP contribution >= 0.6 is 0 Å². The summed E-state index contributed by atoms with van der Waals surface area (Å²) < 4.78 is 31.8. The largest absolute Gasteiger partial charge is 0.381 e. The van der Waals surface area contributed by atoms with Gasteiger partial charge in [-0.3, -0.25) is 4.79 Å². The number of hydrogen-bond acceptors (Lipinski definition) is 5. The zero-order valence-corrected chi connectivity index (χ0v) is 14.0. The molecule has 1 amide bonds. The van der Waals surface area contributed by atoms with Crippen LogP contribution in [-0.4, -0.2) is 46.2 Å². The second-order valence-corrected chi connectivity index (χ2v) is 7.50. The number of amides is 1. The lowest BCUT2D eigenvalue weighted by Crippen LogP contribution is -2.57. The number of rotatable bonds is 6. The molecule has 4 N–H and O–H groups in total. The summed E-state index contributed by atoms with van der Waals surface area (Å²) in [4.78, 5) is 12.3. The van der Waals surface area contributed by atoms with Crippen molar-refractivity contribution in [1.82, 2.24) is 10.0 Å². The molecule has 23 heavy (non-hydrogen) atoms. The molecular formula is C15H23N3O4S. The summed E-state index contributed by atoms with van der Waals surface area (Å²) in [7, 11) is -3.57. The zero-order chi connectivity index (χ0) is 16.9. The van der Waals surface area contributed by atoms with Crippen LogP contribution in [0.1, 0.15) is 18.4 Å². The molecule has 0 atom stereocenters. The normalized spacial score (nSPS) is 17.7. The van der Waals surface area contributed by atoms with Gasteiger partial charge in [-0.1, -0.05) is 17.7 Å². The van der Waals surface area contributed by atoms with E-state index < -0.39 is 15.6 Å². The predicted molar refractivity (Wildman–Crippen MR) is 86.3 cm³/mol. The van der Waals surface area contributed by atoms with Crippen molar-refractivity contribution in [3.63, 3.8) is 0 Å². The molecule has 8 heteroatoms. The Morgan fingerprint density at radius 2 is 1.83 bits per heavy atom. The fourth-order valence-corrected chi connectivity index (χ4v) is 3.33.